The van der Waals surface area contributed by atoms with Crippen LogP contribution < -0.4 is 10.2 Å². The number of nitrogens with zero attached hydrogens (tertiary/aromatic N) is 1. The molecule has 0 aliphatic carbocycles. The number of hydrogen-bond acceptors (Lipinski definition) is 7. The molecule has 1 amide bonds. The molecule has 10 heteroatoms. The van der Waals surface area contributed by atoms with Gasteiger partial charge in [-0.15, -0.1) is 0 Å². The number of unbranched alkanes of at least 4 members (excludes halogenated alkanes) is 44. The lowest BCUT2D eigenvalue weighted by atomic mass is 10.0. The molecule has 0 spiro atoms. The zero-order valence-electron chi connectivity index (χ0n) is 55.9. The highest BCUT2D eigenvalue weighted by atomic mass is 31.2. The van der Waals surface area contributed by atoms with Crippen molar-refractivity contribution in [3.05, 3.63) is 48.6 Å². The van der Waals surface area contributed by atoms with E-state index in [9.17, 15) is 19.0 Å². The number of carbonyl (C=O) groups excluding carboxylic acids is 2. The summed E-state index contributed by atoms with van der Waals surface area (Å²) in [5.41, 5.74) is 0. The standard InChI is InChI=1S/C73H139N2O7P/c1-7-10-13-16-19-22-25-28-30-32-33-34-35-36-37-38-39-40-41-43-44-47-50-53-56-59-62-65-72(76)74-70(69-81-83(78,79)80-68-67-75(4,5)6)71(64-61-58-55-52-49-46-27-24-21-18-15-12-9-3)82-73(77)66-63-60-57-54-51-48-45-42-31-29-26-23-20-17-14-11-8-2/h19,22,28-31,61,64,70-71H,7-18,20-21,23-27,32-60,62-63,65-69H2,1-6H3,(H-,74,76,78,79)/b22-19-,30-28-,31-29+,64-61-. The summed E-state index contributed by atoms with van der Waals surface area (Å²) in [4.78, 5) is 40.2. The molecule has 0 saturated carbocycles. The van der Waals surface area contributed by atoms with Crippen LogP contribution >= 0.6 is 7.82 Å². The van der Waals surface area contributed by atoms with Crippen molar-refractivity contribution >= 4 is 19.7 Å². The van der Waals surface area contributed by atoms with Crippen LogP contribution in [0.3, 0.4) is 0 Å². The van der Waals surface area contributed by atoms with Gasteiger partial charge in [-0.05, 0) is 89.5 Å². The number of allylic oxidation sites excluding steroid dienone is 7. The maximum atomic E-state index is 13.6. The quantitative estimate of drug-likeness (QED) is 0.0212. The Morgan fingerprint density at radius 3 is 1.12 bits per heavy atom. The summed E-state index contributed by atoms with van der Waals surface area (Å²) in [5.74, 6) is -0.529. The fourth-order valence-electron chi connectivity index (χ4n) is 10.7. The van der Waals surface area contributed by atoms with E-state index in [-0.39, 0.29) is 31.5 Å². The Morgan fingerprint density at radius 2 is 0.735 bits per heavy atom. The van der Waals surface area contributed by atoms with E-state index in [1.807, 2.05) is 33.3 Å². The SMILES string of the molecule is CCCCC/C=C\C/C=C\CCCCCCCCCCCCCCCCCCCC(=O)NC(COP(=O)([O-])OCC[N+](C)(C)C)C(/C=C\CCCCCCCCCCCCC)OC(=O)CCCCCCCCC/C=C/CCCCCCCC. The van der Waals surface area contributed by atoms with Crippen LogP contribution in [-0.2, 0) is 27.9 Å². The summed E-state index contributed by atoms with van der Waals surface area (Å²) in [6.07, 6.45) is 79.5. The lowest BCUT2D eigenvalue weighted by molar-refractivity contribution is -0.870. The van der Waals surface area contributed by atoms with Crippen molar-refractivity contribution in [3.8, 4) is 0 Å². The van der Waals surface area contributed by atoms with Gasteiger partial charge < -0.3 is 28.5 Å². The maximum Gasteiger partial charge on any atom is 0.306 e. The average Bonchev–Trinajstić information content (AvgIpc) is 3.47. The summed E-state index contributed by atoms with van der Waals surface area (Å²) in [5, 5.41) is 3.05. The number of nitrogens with one attached hydrogen (secondary N) is 1. The van der Waals surface area contributed by atoms with Crippen molar-refractivity contribution in [1.82, 2.24) is 5.32 Å². The average molecular weight is 1190 g/mol. The molecule has 9 nitrogen and oxygen atoms in total. The van der Waals surface area contributed by atoms with Gasteiger partial charge in [0.1, 0.15) is 19.3 Å². The second kappa shape index (κ2) is 63.0. The number of quaternary nitrogens is 1. The first-order chi connectivity index (χ1) is 40.4. The molecular formula is C73H139N2O7P. The van der Waals surface area contributed by atoms with Gasteiger partial charge in [-0.25, -0.2) is 0 Å². The number of esters is 1. The van der Waals surface area contributed by atoms with Crippen LogP contribution in [0.25, 0.3) is 0 Å². The molecule has 83 heavy (non-hydrogen) atoms. The minimum Gasteiger partial charge on any atom is -0.756 e. The number of rotatable bonds is 66. The molecule has 0 aromatic rings. The zero-order valence-corrected chi connectivity index (χ0v) is 56.8. The third-order valence-corrected chi connectivity index (χ3v) is 17.2. The zero-order chi connectivity index (χ0) is 60.7. The highest BCUT2D eigenvalue weighted by Gasteiger charge is 2.27. The number of likely N-dealkylation sites (N-methyl/N-ethyl adjacent to an activating group) is 1. The van der Waals surface area contributed by atoms with Crippen LogP contribution in [0, 0.1) is 0 Å². The molecule has 0 rings (SSSR count). The van der Waals surface area contributed by atoms with E-state index in [1.54, 1.807) is 0 Å². The molecule has 0 saturated heterocycles. The van der Waals surface area contributed by atoms with Gasteiger partial charge in [-0.3, -0.25) is 14.2 Å². The Labute approximate surface area is 516 Å². The Morgan fingerprint density at radius 1 is 0.422 bits per heavy atom. The first-order valence-electron chi connectivity index (χ1n) is 35.9. The molecule has 3 atom stereocenters. The minimum absolute atomic E-state index is 0.0212. The van der Waals surface area contributed by atoms with Crippen LogP contribution in [0.4, 0.5) is 0 Å². The van der Waals surface area contributed by atoms with Crippen molar-refractivity contribution in [2.75, 3.05) is 40.9 Å². The van der Waals surface area contributed by atoms with Gasteiger partial charge in [0.05, 0.1) is 33.8 Å². The van der Waals surface area contributed by atoms with Crippen molar-refractivity contribution in [1.29, 1.82) is 0 Å². The van der Waals surface area contributed by atoms with Gasteiger partial charge in [0.25, 0.3) is 7.82 Å². The predicted octanol–water partition coefficient (Wildman–Crippen LogP) is 22.2. The molecule has 3 unspecified atom stereocenters. The second-order valence-corrected chi connectivity index (χ2v) is 27.1. The summed E-state index contributed by atoms with van der Waals surface area (Å²) in [6.45, 7) is 6.86. The summed E-state index contributed by atoms with van der Waals surface area (Å²) in [6, 6.07) is -0.889. The van der Waals surface area contributed by atoms with Crippen molar-refractivity contribution < 1.29 is 37.3 Å². The number of ether oxygens (including phenoxy) is 1. The van der Waals surface area contributed by atoms with Crippen LogP contribution in [0.5, 0.6) is 0 Å². The van der Waals surface area contributed by atoms with Crippen molar-refractivity contribution in [2.24, 2.45) is 0 Å². The van der Waals surface area contributed by atoms with Gasteiger partial charge >= 0.3 is 5.97 Å². The number of carbonyl (C=O) groups is 2. The van der Waals surface area contributed by atoms with Crippen molar-refractivity contribution in [2.45, 2.75) is 367 Å². The molecule has 0 bridgehead atoms. The summed E-state index contributed by atoms with van der Waals surface area (Å²) in [7, 11) is 1.20. The van der Waals surface area contributed by atoms with Gasteiger partial charge in [-0.2, -0.15) is 0 Å². The summed E-state index contributed by atoms with van der Waals surface area (Å²) >= 11 is 0. The topological polar surface area (TPSA) is 114 Å². The Hall–Kier alpha value is -2.03. The number of hydrogen-bond donors (Lipinski definition) is 1. The van der Waals surface area contributed by atoms with Gasteiger partial charge in [-0.1, -0.05) is 301 Å². The Kier molecular flexibility index (Phi) is 61.5. The maximum absolute atomic E-state index is 13.6. The molecule has 1 N–H and O–H groups in total. The van der Waals surface area contributed by atoms with E-state index in [1.165, 1.54) is 244 Å². The molecule has 0 aromatic carbocycles. The van der Waals surface area contributed by atoms with Crippen molar-refractivity contribution in [3.63, 3.8) is 0 Å². The molecular weight excluding hydrogens is 1050 g/mol. The Balaban J connectivity index is 5.02. The predicted molar refractivity (Wildman–Crippen MR) is 358 cm³/mol. The van der Waals surface area contributed by atoms with Gasteiger partial charge in [0.15, 0.2) is 0 Å². The van der Waals surface area contributed by atoms with E-state index in [0.717, 1.165) is 77.0 Å². The monoisotopic (exact) mass is 1190 g/mol. The molecule has 0 aromatic heterocycles. The number of phosphoric acid groups is 1. The summed E-state index contributed by atoms with van der Waals surface area (Å²) < 4.78 is 30.5. The lowest BCUT2D eigenvalue weighted by Gasteiger charge is -2.30. The molecule has 488 valence electrons. The first-order valence-corrected chi connectivity index (χ1v) is 37.4. The van der Waals surface area contributed by atoms with E-state index in [4.69, 9.17) is 13.8 Å². The molecule has 0 fully saturated rings. The van der Waals surface area contributed by atoms with Crippen LogP contribution in [0.15, 0.2) is 48.6 Å². The fraction of sp³-hybridized carbons (Fsp3) is 0.863. The van der Waals surface area contributed by atoms with Gasteiger partial charge in [0, 0.05) is 12.8 Å². The molecule has 0 aliphatic heterocycles. The third-order valence-electron chi connectivity index (χ3n) is 16.2. The largest absolute Gasteiger partial charge is 0.756 e. The van der Waals surface area contributed by atoms with E-state index < -0.39 is 20.0 Å². The molecule has 0 heterocycles. The Bertz CT molecular complexity index is 1560. The molecule has 0 radical (unpaired) electrons. The fourth-order valence-corrected chi connectivity index (χ4v) is 11.4. The first kappa shape index (κ1) is 81.0. The number of phosphoric ester groups is 1. The highest BCUT2D eigenvalue weighted by Crippen LogP contribution is 2.38. The van der Waals surface area contributed by atoms with E-state index in [2.05, 4.69) is 62.5 Å². The third kappa shape index (κ3) is 64.3. The van der Waals surface area contributed by atoms with Gasteiger partial charge in [0.2, 0.25) is 5.91 Å². The smallest absolute Gasteiger partial charge is 0.306 e. The molecule has 0 aliphatic rings. The minimum atomic E-state index is -4.70. The van der Waals surface area contributed by atoms with E-state index in [0.29, 0.717) is 17.4 Å². The normalized spacial score (nSPS) is 13.8. The second-order valence-electron chi connectivity index (χ2n) is 25.7. The highest BCUT2D eigenvalue weighted by molar-refractivity contribution is 7.45. The van der Waals surface area contributed by atoms with Crippen LogP contribution in [0.2, 0.25) is 0 Å². The van der Waals surface area contributed by atoms with E-state index >= 15 is 0 Å². The lowest BCUT2D eigenvalue weighted by Crippen LogP contribution is -2.47. The number of amides is 1. The van der Waals surface area contributed by atoms with Crippen LogP contribution in [-0.4, -0.2) is 69.4 Å². The van der Waals surface area contributed by atoms with Crippen LogP contribution in [0.1, 0.15) is 355 Å².